The van der Waals surface area contributed by atoms with Gasteiger partial charge in [-0.2, -0.15) is 0 Å². The van der Waals surface area contributed by atoms with E-state index < -0.39 is 17.5 Å². The standard InChI is InChI=1S/C14H15F3/c1-2-9-3-5-10(6-4-9)14-12(16)7-11(15)8-13(14)17/h2,7-10H,1,3-6H2. The first-order valence-corrected chi connectivity index (χ1v) is 5.88. The zero-order chi connectivity index (χ0) is 12.4. The molecule has 0 N–H and O–H groups in total. The van der Waals surface area contributed by atoms with Crippen molar-refractivity contribution in [2.45, 2.75) is 31.6 Å². The van der Waals surface area contributed by atoms with Gasteiger partial charge in [0, 0.05) is 17.7 Å². The second-order valence-electron chi connectivity index (χ2n) is 4.63. The van der Waals surface area contributed by atoms with Crippen molar-refractivity contribution in [3.8, 4) is 0 Å². The first kappa shape index (κ1) is 12.2. The fourth-order valence-electron chi connectivity index (χ4n) is 2.59. The predicted octanol–water partition coefficient (Wildman–Crippen LogP) is 4.56. The molecular weight excluding hydrogens is 225 g/mol. The van der Waals surface area contributed by atoms with E-state index in [0.717, 1.165) is 37.8 Å². The van der Waals surface area contributed by atoms with Crippen molar-refractivity contribution in [1.82, 2.24) is 0 Å². The average Bonchev–Trinajstić information content (AvgIpc) is 2.28. The highest BCUT2D eigenvalue weighted by atomic mass is 19.1. The molecule has 0 aromatic heterocycles. The van der Waals surface area contributed by atoms with Gasteiger partial charge in [0.15, 0.2) is 0 Å². The van der Waals surface area contributed by atoms with Gasteiger partial charge in [0.2, 0.25) is 0 Å². The van der Waals surface area contributed by atoms with E-state index in [2.05, 4.69) is 6.58 Å². The summed E-state index contributed by atoms with van der Waals surface area (Å²) in [5.74, 6) is -2.07. The second kappa shape index (κ2) is 4.94. The van der Waals surface area contributed by atoms with E-state index >= 15 is 0 Å². The van der Waals surface area contributed by atoms with Gasteiger partial charge in [-0.25, -0.2) is 13.2 Å². The zero-order valence-corrected chi connectivity index (χ0v) is 9.56. The first-order valence-electron chi connectivity index (χ1n) is 5.88. The molecule has 0 aliphatic heterocycles. The molecule has 0 atom stereocenters. The Morgan fingerprint density at radius 2 is 1.53 bits per heavy atom. The summed E-state index contributed by atoms with van der Waals surface area (Å²) in [6, 6.07) is 1.52. The molecule has 92 valence electrons. The Morgan fingerprint density at radius 3 is 2.00 bits per heavy atom. The molecule has 0 bridgehead atoms. The monoisotopic (exact) mass is 240 g/mol. The van der Waals surface area contributed by atoms with Crippen molar-refractivity contribution in [1.29, 1.82) is 0 Å². The quantitative estimate of drug-likeness (QED) is 0.664. The lowest BCUT2D eigenvalue weighted by atomic mass is 9.78. The summed E-state index contributed by atoms with van der Waals surface area (Å²) < 4.78 is 39.9. The summed E-state index contributed by atoms with van der Waals surface area (Å²) in [6.45, 7) is 3.73. The third-order valence-electron chi connectivity index (χ3n) is 3.56. The number of hydrogen-bond donors (Lipinski definition) is 0. The summed E-state index contributed by atoms with van der Waals surface area (Å²) in [5, 5.41) is 0. The molecular formula is C14H15F3. The van der Waals surface area contributed by atoms with E-state index in [1.54, 1.807) is 0 Å². The Labute approximate surface area is 99.2 Å². The van der Waals surface area contributed by atoms with Gasteiger partial charge in [-0.3, -0.25) is 0 Å². The topological polar surface area (TPSA) is 0 Å². The highest BCUT2D eigenvalue weighted by Crippen LogP contribution is 2.38. The van der Waals surface area contributed by atoms with Crippen LogP contribution in [0.5, 0.6) is 0 Å². The lowest BCUT2D eigenvalue weighted by molar-refractivity contribution is 0.358. The third-order valence-corrected chi connectivity index (χ3v) is 3.56. The zero-order valence-electron chi connectivity index (χ0n) is 9.56. The van der Waals surface area contributed by atoms with E-state index in [1.807, 2.05) is 6.08 Å². The fraction of sp³-hybridized carbons (Fsp3) is 0.429. The molecule has 1 fully saturated rings. The van der Waals surface area contributed by atoms with Crippen molar-refractivity contribution in [3.05, 3.63) is 47.8 Å². The van der Waals surface area contributed by atoms with Crippen molar-refractivity contribution in [3.63, 3.8) is 0 Å². The number of rotatable bonds is 2. The normalized spacial score (nSPS) is 24.6. The lowest BCUT2D eigenvalue weighted by Gasteiger charge is -2.27. The van der Waals surface area contributed by atoms with Gasteiger partial charge in [0.1, 0.15) is 17.5 Å². The molecule has 3 heteroatoms. The van der Waals surface area contributed by atoms with Gasteiger partial charge in [-0.15, -0.1) is 6.58 Å². The Bertz CT molecular complexity index is 394. The van der Waals surface area contributed by atoms with Crippen LogP contribution < -0.4 is 0 Å². The van der Waals surface area contributed by atoms with Crippen molar-refractivity contribution < 1.29 is 13.2 Å². The minimum Gasteiger partial charge on any atom is -0.207 e. The van der Waals surface area contributed by atoms with Crippen molar-refractivity contribution in [2.24, 2.45) is 5.92 Å². The second-order valence-corrected chi connectivity index (χ2v) is 4.63. The molecule has 0 radical (unpaired) electrons. The van der Waals surface area contributed by atoms with Crippen LogP contribution in [-0.4, -0.2) is 0 Å². The molecule has 1 aliphatic rings. The molecule has 1 aliphatic carbocycles. The van der Waals surface area contributed by atoms with Crippen LogP contribution in [0.1, 0.15) is 37.2 Å². The smallest absolute Gasteiger partial charge is 0.132 e. The highest BCUT2D eigenvalue weighted by Gasteiger charge is 2.26. The van der Waals surface area contributed by atoms with Crippen LogP contribution in [0, 0.1) is 23.4 Å². The average molecular weight is 240 g/mol. The summed E-state index contributed by atoms with van der Waals surface area (Å²) in [6.07, 6.45) is 5.15. The largest absolute Gasteiger partial charge is 0.207 e. The van der Waals surface area contributed by atoms with E-state index in [4.69, 9.17) is 0 Å². The van der Waals surface area contributed by atoms with Crippen molar-refractivity contribution in [2.75, 3.05) is 0 Å². The van der Waals surface area contributed by atoms with E-state index in [9.17, 15) is 13.2 Å². The Kier molecular flexibility index (Phi) is 3.55. The predicted molar refractivity (Wildman–Crippen MR) is 61.2 cm³/mol. The summed E-state index contributed by atoms with van der Waals surface area (Å²) >= 11 is 0. The molecule has 0 heterocycles. The van der Waals surface area contributed by atoms with E-state index in [-0.39, 0.29) is 11.5 Å². The summed E-state index contributed by atoms with van der Waals surface area (Å²) in [4.78, 5) is 0. The van der Waals surface area contributed by atoms with Crippen LogP contribution >= 0.6 is 0 Å². The number of hydrogen-bond acceptors (Lipinski definition) is 0. The van der Waals surface area contributed by atoms with Crippen LogP contribution in [0.4, 0.5) is 13.2 Å². The van der Waals surface area contributed by atoms with E-state index in [1.165, 1.54) is 0 Å². The summed E-state index contributed by atoms with van der Waals surface area (Å²) in [5.41, 5.74) is 0.0499. The molecule has 2 rings (SSSR count). The van der Waals surface area contributed by atoms with Crippen LogP contribution in [0.3, 0.4) is 0 Å². The number of halogens is 3. The minimum absolute atomic E-state index is 0.0499. The Morgan fingerprint density at radius 1 is 1.00 bits per heavy atom. The molecule has 0 amide bonds. The first-order chi connectivity index (χ1) is 8.11. The highest BCUT2D eigenvalue weighted by molar-refractivity contribution is 5.25. The Hall–Kier alpha value is -1.25. The van der Waals surface area contributed by atoms with Gasteiger partial charge in [-0.05, 0) is 37.5 Å². The summed E-state index contributed by atoms with van der Waals surface area (Å²) in [7, 11) is 0. The SMILES string of the molecule is C=CC1CCC(c2c(F)cc(F)cc2F)CC1. The van der Waals surface area contributed by atoms with Gasteiger partial charge in [0.05, 0.1) is 0 Å². The molecule has 1 saturated carbocycles. The van der Waals surface area contributed by atoms with Crippen LogP contribution in [-0.2, 0) is 0 Å². The van der Waals surface area contributed by atoms with E-state index in [0.29, 0.717) is 5.92 Å². The number of allylic oxidation sites excluding steroid dienone is 1. The maximum atomic E-state index is 13.6. The van der Waals surface area contributed by atoms with Gasteiger partial charge < -0.3 is 0 Å². The molecule has 1 aromatic rings. The molecule has 0 saturated heterocycles. The molecule has 0 nitrogen and oxygen atoms in total. The molecule has 17 heavy (non-hydrogen) atoms. The van der Waals surface area contributed by atoms with Crippen LogP contribution in [0.2, 0.25) is 0 Å². The van der Waals surface area contributed by atoms with Crippen molar-refractivity contribution >= 4 is 0 Å². The van der Waals surface area contributed by atoms with Crippen LogP contribution in [0.25, 0.3) is 0 Å². The molecule has 0 unspecified atom stereocenters. The maximum absolute atomic E-state index is 13.6. The lowest BCUT2D eigenvalue weighted by Crippen LogP contribution is -2.14. The van der Waals surface area contributed by atoms with Gasteiger partial charge in [-0.1, -0.05) is 6.08 Å². The Balaban J connectivity index is 2.21. The van der Waals surface area contributed by atoms with Gasteiger partial charge >= 0.3 is 0 Å². The van der Waals surface area contributed by atoms with Gasteiger partial charge in [0.25, 0.3) is 0 Å². The van der Waals surface area contributed by atoms with Crippen LogP contribution in [0.15, 0.2) is 24.8 Å². The molecule has 1 aromatic carbocycles. The molecule has 0 spiro atoms. The minimum atomic E-state index is -0.858. The maximum Gasteiger partial charge on any atom is 0.132 e. The third kappa shape index (κ3) is 2.54. The fourth-order valence-corrected chi connectivity index (χ4v) is 2.59. The number of benzene rings is 1.